The first-order valence-corrected chi connectivity index (χ1v) is 7.26. The number of aromatic nitrogens is 2. The SMILES string of the molecule is CCNc1nc(CC)nc(-c2cccc(C)c2C)c1C. The van der Waals surface area contributed by atoms with Crippen LogP contribution in [0.15, 0.2) is 18.2 Å². The van der Waals surface area contributed by atoms with Gasteiger partial charge in [-0.2, -0.15) is 0 Å². The van der Waals surface area contributed by atoms with Crippen molar-refractivity contribution in [3.8, 4) is 11.3 Å². The molecule has 0 fully saturated rings. The number of benzene rings is 1. The molecule has 0 bridgehead atoms. The third kappa shape index (κ3) is 2.67. The highest BCUT2D eigenvalue weighted by molar-refractivity contribution is 5.71. The largest absolute Gasteiger partial charge is 0.370 e. The zero-order valence-electron chi connectivity index (χ0n) is 13.0. The molecule has 3 heteroatoms. The molecule has 106 valence electrons. The smallest absolute Gasteiger partial charge is 0.133 e. The van der Waals surface area contributed by atoms with Gasteiger partial charge < -0.3 is 5.32 Å². The van der Waals surface area contributed by atoms with Crippen molar-refractivity contribution in [2.24, 2.45) is 0 Å². The molecule has 0 atom stereocenters. The Morgan fingerprint density at radius 1 is 1.00 bits per heavy atom. The lowest BCUT2D eigenvalue weighted by Gasteiger charge is -2.15. The predicted octanol–water partition coefficient (Wildman–Crippen LogP) is 4.06. The summed E-state index contributed by atoms with van der Waals surface area (Å²) in [6, 6.07) is 6.38. The van der Waals surface area contributed by atoms with Gasteiger partial charge in [0.05, 0.1) is 5.69 Å². The van der Waals surface area contributed by atoms with Crippen LogP contribution in [0.25, 0.3) is 11.3 Å². The zero-order valence-corrected chi connectivity index (χ0v) is 13.0. The van der Waals surface area contributed by atoms with E-state index in [0.29, 0.717) is 0 Å². The van der Waals surface area contributed by atoms with E-state index in [9.17, 15) is 0 Å². The average Bonchev–Trinajstić information content (AvgIpc) is 2.45. The maximum absolute atomic E-state index is 4.75. The second-order valence-electron chi connectivity index (χ2n) is 5.09. The normalized spacial score (nSPS) is 10.7. The Morgan fingerprint density at radius 2 is 1.75 bits per heavy atom. The maximum Gasteiger partial charge on any atom is 0.133 e. The van der Waals surface area contributed by atoms with Crippen LogP contribution in [-0.4, -0.2) is 16.5 Å². The number of rotatable bonds is 4. The molecule has 0 unspecified atom stereocenters. The summed E-state index contributed by atoms with van der Waals surface area (Å²) in [5.41, 5.74) is 5.97. The quantitative estimate of drug-likeness (QED) is 0.909. The van der Waals surface area contributed by atoms with Gasteiger partial charge in [-0.05, 0) is 38.8 Å². The second-order valence-corrected chi connectivity index (χ2v) is 5.09. The van der Waals surface area contributed by atoms with Crippen LogP contribution in [0.3, 0.4) is 0 Å². The monoisotopic (exact) mass is 269 g/mol. The van der Waals surface area contributed by atoms with Gasteiger partial charge in [0.15, 0.2) is 0 Å². The number of aryl methyl sites for hydroxylation is 2. The van der Waals surface area contributed by atoms with Crippen LogP contribution in [-0.2, 0) is 6.42 Å². The number of anilines is 1. The first-order valence-electron chi connectivity index (χ1n) is 7.26. The summed E-state index contributed by atoms with van der Waals surface area (Å²) < 4.78 is 0. The summed E-state index contributed by atoms with van der Waals surface area (Å²) in [6.45, 7) is 11.4. The Hall–Kier alpha value is -1.90. The van der Waals surface area contributed by atoms with E-state index in [1.807, 2.05) is 0 Å². The Bertz CT molecular complexity index is 618. The Kier molecular flexibility index (Phi) is 4.38. The fourth-order valence-electron chi connectivity index (χ4n) is 2.33. The minimum Gasteiger partial charge on any atom is -0.370 e. The first-order chi connectivity index (χ1) is 9.58. The molecule has 2 rings (SSSR count). The molecule has 20 heavy (non-hydrogen) atoms. The third-order valence-electron chi connectivity index (χ3n) is 3.71. The molecule has 1 N–H and O–H groups in total. The van der Waals surface area contributed by atoms with Gasteiger partial charge >= 0.3 is 0 Å². The summed E-state index contributed by atoms with van der Waals surface area (Å²) in [5.74, 6) is 1.85. The van der Waals surface area contributed by atoms with Crippen molar-refractivity contribution < 1.29 is 0 Å². The van der Waals surface area contributed by atoms with E-state index in [1.54, 1.807) is 0 Å². The molecule has 0 saturated heterocycles. The van der Waals surface area contributed by atoms with Crippen LogP contribution in [0, 0.1) is 20.8 Å². The molecule has 1 aromatic heterocycles. The fraction of sp³-hybridized carbons (Fsp3) is 0.412. The molecule has 0 aliphatic rings. The second kappa shape index (κ2) is 6.04. The van der Waals surface area contributed by atoms with Crippen LogP contribution in [0.4, 0.5) is 5.82 Å². The topological polar surface area (TPSA) is 37.8 Å². The van der Waals surface area contributed by atoms with E-state index in [-0.39, 0.29) is 0 Å². The van der Waals surface area contributed by atoms with E-state index in [2.05, 4.69) is 63.1 Å². The summed E-state index contributed by atoms with van der Waals surface area (Å²) >= 11 is 0. The van der Waals surface area contributed by atoms with E-state index >= 15 is 0 Å². The van der Waals surface area contributed by atoms with Crippen molar-refractivity contribution in [2.75, 3.05) is 11.9 Å². The van der Waals surface area contributed by atoms with Crippen molar-refractivity contribution in [3.05, 3.63) is 40.7 Å². The molecule has 1 aromatic carbocycles. The fourth-order valence-corrected chi connectivity index (χ4v) is 2.33. The average molecular weight is 269 g/mol. The first kappa shape index (κ1) is 14.5. The van der Waals surface area contributed by atoms with Gasteiger partial charge in [0, 0.05) is 24.1 Å². The lowest BCUT2D eigenvalue weighted by Crippen LogP contribution is -2.08. The minimum atomic E-state index is 0.844. The van der Waals surface area contributed by atoms with E-state index in [4.69, 9.17) is 4.98 Å². The number of hydrogen-bond donors (Lipinski definition) is 1. The van der Waals surface area contributed by atoms with E-state index < -0.39 is 0 Å². The van der Waals surface area contributed by atoms with E-state index in [0.717, 1.165) is 35.9 Å². The van der Waals surface area contributed by atoms with Gasteiger partial charge in [-0.3, -0.25) is 0 Å². The lowest BCUT2D eigenvalue weighted by atomic mass is 9.98. The molecule has 0 saturated carbocycles. The Balaban J connectivity index is 2.66. The van der Waals surface area contributed by atoms with Crippen molar-refractivity contribution >= 4 is 5.82 Å². The van der Waals surface area contributed by atoms with E-state index in [1.165, 1.54) is 16.7 Å². The number of hydrogen-bond acceptors (Lipinski definition) is 3. The predicted molar refractivity (Wildman–Crippen MR) is 85.2 cm³/mol. The maximum atomic E-state index is 4.75. The van der Waals surface area contributed by atoms with Crippen molar-refractivity contribution in [1.29, 1.82) is 0 Å². The highest BCUT2D eigenvalue weighted by atomic mass is 15.0. The molecular formula is C17H23N3. The third-order valence-corrected chi connectivity index (χ3v) is 3.71. The van der Waals surface area contributed by atoms with Crippen molar-refractivity contribution in [3.63, 3.8) is 0 Å². The summed E-state index contributed by atoms with van der Waals surface area (Å²) in [7, 11) is 0. The van der Waals surface area contributed by atoms with Gasteiger partial charge in [0.25, 0.3) is 0 Å². The van der Waals surface area contributed by atoms with Gasteiger partial charge in [-0.1, -0.05) is 25.1 Å². The highest BCUT2D eigenvalue weighted by Gasteiger charge is 2.13. The van der Waals surface area contributed by atoms with Gasteiger partial charge in [0.2, 0.25) is 0 Å². The molecule has 3 nitrogen and oxygen atoms in total. The number of nitrogens with one attached hydrogen (secondary N) is 1. The molecule has 0 amide bonds. The standard InChI is InChI=1S/C17H23N3/c1-6-15-19-16(13(5)17(20-15)18-7-2)14-10-8-9-11(3)12(14)4/h8-10H,6-7H2,1-5H3,(H,18,19,20). The Labute approximate surface area is 121 Å². The van der Waals surface area contributed by atoms with Crippen LogP contribution in [0.1, 0.15) is 36.4 Å². The van der Waals surface area contributed by atoms with Gasteiger partial charge in [-0.15, -0.1) is 0 Å². The molecule has 1 heterocycles. The van der Waals surface area contributed by atoms with Gasteiger partial charge in [-0.25, -0.2) is 9.97 Å². The van der Waals surface area contributed by atoms with Crippen LogP contribution >= 0.6 is 0 Å². The van der Waals surface area contributed by atoms with Gasteiger partial charge in [0.1, 0.15) is 11.6 Å². The molecule has 0 aliphatic carbocycles. The molecule has 0 aliphatic heterocycles. The number of nitrogens with zero attached hydrogens (tertiary/aromatic N) is 2. The highest BCUT2D eigenvalue weighted by Crippen LogP contribution is 2.29. The minimum absolute atomic E-state index is 0.844. The zero-order chi connectivity index (χ0) is 14.7. The lowest BCUT2D eigenvalue weighted by molar-refractivity contribution is 0.929. The summed E-state index contributed by atoms with van der Waals surface area (Å²) in [6.07, 6.45) is 0.844. The molecule has 0 radical (unpaired) electrons. The van der Waals surface area contributed by atoms with Crippen molar-refractivity contribution in [1.82, 2.24) is 9.97 Å². The molecular weight excluding hydrogens is 246 g/mol. The van der Waals surface area contributed by atoms with Crippen molar-refractivity contribution in [2.45, 2.75) is 41.0 Å². The summed E-state index contributed by atoms with van der Waals surface area (Å²) in [5, 5.41) is 3.34. The molecule has 2 aromatic rings. The summed E-state index contributed by atoms with van der Waals surface area (Å²) in [4.78, 5) is 9.35. The van der Waals surface area contributed by atoms with Crippen LogP contribution in [0.2, 0.25) is 0 Å². The Morgan fingerprint density at radius 3 is 2.40 bits per heavy atom. The van der Waals surface area contributed by atoms with Crippen LogP contribution in [0.5, 0.6) is 0 Å². The molecule has 0 spiro atoms. The van der Waals surface area contributed by atoms with Crippen LogP contribution < -0.4 is 5.32 Å².